The van der Waals surface area contributed by atoms with Gasteiger partial charge in [-0.25, -0.2) is 23.7 Å². The molecule has 6 rings (SSSR count). The highest BCUT2D eigenvalue weighted by Gasteiger charge is 2.47. The summed E-state index contributed by atoms with van der Waals surface area (Å²) in [5.74, 6) is -7.23. The van der Waals surface area contributed by atoms with Gasteiger partial charge in [0.25, 0.3) is 5.91 Å². The largest absolute Gasteiger partial charge is 0.480 e. The molecule has 4 aromatic rings. The summed E-state index contributed by atoms with van der Waals surface area (Å²) in [6.45, 7) is 2.58. The van der Waals surface area contributed by atoms with E-state index < -0.39 is 77.2 Å². The van der Waals surface area contributed by atoms with Gasteiger partial charge in [0.1, 0.15) is 57.9 Å². The molecule has 6 N–H and O–H groups in total. The summed E-state index contributed by atoms with van der Waals surface area (Å²) in [6.07, 6.45) is 2.29. The highest BCUT2D eigenvalue weighted by molar-refractivity contribution is 8.02. The Labute approximate surface area is 356 Å². The van der Waals surface area contributed by atoms with E-state index >= 15 is 4.79 Å². The number of aliphatic carboxylic acids is 3. The second kappa shape index (κ2) is 19.7. The van der Waals surface area contributed by atoms with Crippen molar-refractivity contribution in [2.75, 3.05) is 23.0 Å². The molecule has 31 heteroatoms. The second-order valence-corrected chi connectivity index (χ2v) is 19.1. The molecule has 0 saturated heterocycles. The van der Waals surface area contributed by atoms with Gasteiger partial charge in [-0.05, 0) is 45.8 Å². The van der Waals surface area contributed by atoms with Crippen molar-refractivity contribution < 1.29 is 44.1 Å². The minimum Gasteiger partial charge on any atom is -0.480 e. The lowest BCUT2D eigenvalue weighted by molar-refractivity contribution is -0.145. The van der Waals surface area contributed by atoms with Gasteiger partial charge in [-0.2, -0.15) is 0 Å². The molecule has 25 nitrogen and oxygen atoms in total. The number of nitrogens with one attached hydrogen (secondary N) is 3. The van der Waals surface area contributed by atoms with Gasteiger partial charge in [0.05, 0.1) is 0 Å². The van der Waals surface area contributed by atoms with Crippen LogP contribution in [0.2, 0.25) is 0 Å². The zero-order chi connectivity index (χ0) is 42.2. The maximum absolute atomic E-state index is 15.2. The van der Waals surface area contributed by atoms with Crippen LogP contribution in [0.15, 0.2) is 43.9 Å². The fourth-order valence-electron chi connectivity index (χ4n) is 5.36. The number of hydrogen-bond acceptors (Lipinski definition) is 23. The van der Waals surface area contributed by atoms with Crippen LogP contribution in [0.5, 0.6) is 0 Å². The van der Waals surface area contributed by atoms with Gasteiger partial charge in [-0.15, -0.1) is 54.1 Å². The zero-order valence-corrected chi connectivity index (χ0v) is 35.2. The van der Waals surface area contributed by atoms with Gasteiger partial charge in [0, 0.05) is 23.0 Å². The first kappa shape index (κ1) is 43.3. The van der Waals surface area contributed by atoms with E-state index in [0.717, 1.165) is 50.4 Å². The van der Waals surface area contributed by atoms with Crippen LogP contribution in [0, 0.1) is 13.8 Å². The van der Waals surface area contributed by atoms with E-state index in [9.17, 15) is 39.3 Å². The van der Waals surface area contributed by atoms with Crippen LogP contribution in [0.3, 0.4) is 0 Å². The molecule has 0 aliphatic carbocycles. The van der Waals surface area contributed by atoms with Crippen LogP contribution in [-0.4, -0.2) is 163 Å². The summed E-state index contributed by atoms with van der Waals surface area (Å²) >= 11 is 6.91. The predicted octanol–water partition coefficient (Wildman–Crippen LogP) is -1.44. The summed E-state index contributed by atoms with van der Waals surface area (Å²) in [4.78, 5) is 81.0. The Morgan fingerprint density at radius 1 is 0.780 bits per heavy atom. The number of rotatable bonds is 18. The molecule has 4 aromatic heterocycles. The van der Waals surface area contributed by atoms with Crippen LogP contribution in [0.1, 0.15) is 10.0 Å². The van der Waals surface area contributed by atoms with Crippen molar-refractivity contribution in [3.8, 4) is 0 Å². The number of thioether (sulfide) groups is 4. The lowest BCUT2D eigenvalue weighted by atomic mass is 10.1. The molecular formula is C28H30N16O9S6. The van der Waals surface area contributed by atoms with Crippen LogP contribution in [-0.2, 0) is 41.9 Å². The van der Waals surface area contributed by atoms with E-state index in [1.807, 2.05) is 0 Å². The van der Waals surface area contributed by atoms with Crippen molar-refractivity contribution in [1.82, 2.24) is 81.7 Å². The number of carbonyl (C=O) groups is 6. The number of carboxylic acids is 3. The molecule has 0 bridgehead atoms. The Morgan fingerprint density at radius 3 is 1.78 bits per heavy atom. The minimum absolute atomic E-state index is 0.0120. The molecule has 4 atom stereocenters. The molecule has 2 unspecified atom stereocenters. The first-order valence-electron chi connectivity index (χ1n) is 16.6. The number of tetrazole rings is 2. The molecule has 2 aliphatic heterocycles. The van der Waals surface area contributed by atoms with Gasteiger partial charge >= 0.3 is 17.9 Å². The molecule has 6 heterocycles. The molecule has 2 aliphatic rings. The number of aryl methyl sites for hydroxylation is 2. The Hall–Kier alpha value is -5.24. The zero-order valence-electron chi connectivity index (χ0n) is 30.3. The van der Waals surface area contributed by atoms with E-state index in [2.05, 4.69) is 67.4 Å². The van der Waals surface area contributed by atoms with Crippen LogP contribution >= 0.6 is 69.7 Å². The van der Waals surface area contributed by atoms with Gasteiger partial charge in [0.15, 0.2) is 20.8 Å². The summed E-state index contributed by atoms with van der Waals surface area (Å²) in [5.41, 5.74) is -0.179. The normalized spacial score (nSPS) is 17.9. The first-order valence-corrected chi connectivity index (χ1v) is 22.3. The molecule has 312 valence electrons. The number of aromatic nitrogens is 12. The average Bonchev–Trinajstić information content (AvgIpc) is 4.04. The quantitative estimate of drug-likeness (QED) is 0.0622. The molecule has 0 saturated carbocycles. The molecule has 59 heavy (non-hydrogen) atoms. The Kier molecular flexibility index (Phi) is 14.5. The van der Waals surface area contributed by atoms with Gasteiger partial charge in [-0.3, -0.25) is 19.3 Å². The SMILES string of the molecule is Cc1nnc(SCC2=C(C(=O)N3C(C(=O)O)=C(CSc4nnc(C)s4)CSC3[C@H](NC(=O)Cn3cnnn3)C(=O)O)NC([C@H](NC(=O)Cn3cnnn3)C(=O)O)SC2)s1. The van der Waals surface area contributed by atoms with Crippen molar-refractivity contribution in [1.29, 1.82) is 0 Å². The third-order valence-corrected chi connectivity index (χ3v) is 14.6. The molecule has 0 radical (unpaired) electrons. The van der Waals surface area contributed by atoms with Crippen LogP contribution in [0.25, 0.3) is 0 Å². The third-order valence-electron chi connectivity index (χ3n) is 7.87. The van der Waals surface area contributed by atoms with Gasteiger partial charge < -0.3 is 31.3 Å². The van der Waals surface area contributed by atoms with E-state index in [4.69, 9.17) is 0 Å². The highest BCUT2D eigenvalue weighted by Crippen LogP contribution is 2.39. The highest BCUT2D eigenvalue weighted by atomic mass is 32.2. The van der Waals surface area contributed by atoms with E-state index in [1.54, 1.807) is 13.8 Å². The van der Waals surface area contributed by atoms with Crippen LogP contribution < -0.4 is 16.0 Å². The summed E-state index contributed by atoms with van der Waals surface area (Å²) < 4.78 is 3.18. The van der Waals surface area contributed by atoms with Gasteiger partial charge in [-0.1, -0.05) is 46.2 Å². The molecule has 0 spiro atoms. The summed E-state index contributed by atoms with van der Waals surface area (Å²) in [6, 6.07) is -3.52. The monoisotopic (exact) mass is 926 g/mol. The predicted molar refractivity (Wildman–Crippen MR) is 210 cm³/mol. The molecule has 0 aromatic carbocycles. The third kappa shape index (κ3) is 11.1. The van der Waals surface area contributed by atoms with Crippen LogP contribution in [0.4, 0.5) is 0 Å². The average molecular weight is 927 g/mol. The second-order valence-electron chi connectivity index (χ2n) is 12.0. The van der Waals surface area contributed by atoms with Crippen molar-refractivity contribution >= 4 is 105 Å². The number of hydrogen-bond donors (Lipinski definition) is 6. The molecule has 3 amide bonds. The lowest BCUT2D eigenvalue weighted by Crippen LogP contribution is -2.60. The smallest absolute Gasteiger partial charge is 0.352 e. The lowest BCUT2D eigenvalue weighted by Gasteiger charge is -2.41. The fourth-order valence-corrected chi connectivity index (χ4v) is 11.8. The number of carbonyl (C=O) groups excluding carboxylic acids is 3. The van der Waals surface area contributed by atoms with Crippen molar-refractivity contribution in [3.63, 3.8) is 0 Å². The maximum Gasteiger partial charge on any atom is 0.352 e. The van der Waals surface area contributed by atoms with Crippen molar-refractivity contribution in [2.45, 2.75) is 58.4 Å². The number of carboxylic acid groups (broad SMARTS) is 3. The van der Waals surface area contributed by atoms with E-state index in [-0.39, 0.29) is 34.3 Å². The Balaban J connectivity index is 1.40. The van der Waals surface area contributed by atoms with E-state index in [1.165, 1.54) is 46.2 Å². The van der Waals surface area contributed by atoms with Gasteiger partial charge in [0.2, 0.25) is 11.8 Å². The summed E-state index contributed by atoms with van der Waals surface area (Å²) in [5, 5.41) is 75.2. The van der Waals surface area contributed by atoms with Crippen molar-refractivity contribution in [2.24, 2.45) is 0 Å². The first-order chi connectivity index (χ1) is 28.3. The number of nitrogens with zero attached hydrogens (tertiary/aromatic N) is 13. The summed E-state index contributed by atoms with van der Waals surface area (Å²) in [7, 11) is 0. The van der Waals surface area contributed by atoms with E-state index in [0.29, 0.717) is 24.3 Å². The Morgan fingerprint density at radius 2 is 1.31 bits per heavy atom. The topological polar surface area (TPSA) is 341 Å². The molecule has 0 fully saturated rings. The molecular weight excluding hydrogens is 897 g/mol. The van der Waals surface area contributed by atoms with Crippen molar-refractivity contribution in [3.05, 3.63) is 45.2 Å². The minimum atomic E-state index is -1.88. The maximum atomic E-state index is 15.2. The standard InChI is InChI=1S/C28H30N16O9S6/c1-11-34-36-27(58-11)56-6-13-5-54-21(18(24(48)49)31-15(45)3-42-9-29-38-40-42)33-17(13)22(47)44-20(26(52)53)14(8-57-28-37-35-12(2)59-28)7-55-23(44)19(25(50)51)32-16(46)4-43-10-30-39-41-43/h9-10,18-19,21,23,33H,3-8H2,1-2H3,(H,31,45)(H,32,46)(H,48,49)(H,50,51)(H,52,53)/t18-,19-,21?,23?/m0/s1. The fraction of sp³-hybridized carbons (Fsp3) is 0.429. The number of amides is 3. The Bertz CT molecular complexity index is 2270.